The van der Waals surface area contributed by atoms with Crippen LogP contribution < -0.4 is 10.6 Å². The van der Waals surface area contributed by atoms with Gasteiger partial charge in [-0.3, -0.25) is 24.1 Å². The number of thioether (sulfide) groups is 1. The van der Waals surface area contributed by atoms with Gasteiger partial charge >= 0.3 is 0 Å². The Morgan fingerprint density at radius 2 is 1.45 bits per heavy atom. The first kappa shape index (κ1) is 26.9. The molecule has 0 saturated carbocycles. The van der Waals surface area contributed by atoms with E-state index in [0.717, 1.165) is 4.90 Å². The van der Waals surface area contributed by atoms with E-state index in [4.69, 9.17) is 11.6 Å². The molecule has 0 saturated heterocycles. The van der Waals surface area contributed by atoms with E-state index in [1.807, 2.05) is 6.07 Å². The van der Waals surface area contributed by atoms with E-state index in [1.54, 1.807) is 103 Å². The van der Waals surface area contributed by atoms with E-state index in [2.05, 4.69) is 10.6 Å². The number of carbonyl (C=O) groups excluding carboxylic acids is 4. The Morgan fingerprint density at radius 3 is 2.12 bits per heavy atom. The fraction of sp³-hybridized carbons (Fsp3) is 0.0323. The molecule has 9 heteroatoms. The molecule has 2 N–H and O–H groups in total. The first-order valence-corrected chi connectivity index (χ1v) is 13.6. The van der Waals surface area contributed by atoms with Gasteiger partial charge in [-0.05, 0) is 66.2 Å². The molecular weight excluding hydrogens is 546 g/mol. The minimum atomic E-state index is -0.526. The van der Waals surface area contributed by atoms with Crippen LogP contribution in [-0.4, -0.2) is 34.4 Å². The Kier molecular flexibility index (Phi) is 8.10. The summed E-state index contributed by atoms with van der Waals surface area (Å²) >= 11 is 7.29. The van der Waals surface area contributed by atoms with E-state index in [1.165, 1.54) is 16.7 Å². The molecule has 198 valence electrons. The number of hydrogen-bond donors (Lipinski definition) is 2. The van der Waals surface area contributed by atoms with Crippen LogP contribution in [0.15, 0.2) is 114 Å². The summed E-state index contributed by atoms with van der Waals surface area (Å²) in [6, 6.07) is 29.2. The molecule has 0 aromatic heterocycles. The van der Waals surface area contributed by atoms with Gasteiger partial charge in [-0.15, -0.1) is 11.8 Å². The first-order chi connectivity index (χ1) is 19.4. The summed E-state index contributed by atoms with van der Waals surface area (Å²) in [6.07, 6.45) is 1.56. The molecule has 40 heavy (non-hydrogen) atoms. The zero-order valence-electron chi connectivity index (χ0n) is 21.0. The van der Waals surface area contributed by atoms with Gasteiger partial charge < -0.3 is 10.6 Å². The minimum Gasteiger partial charge on any atom is -0.321 e. The third-order valence-corrected chi connectivity index (χ3v) is 7.27. The Bertz CT molecular complexity index is 1600. The Hall–Kier alpha value is -4.66. The molecule has 0 aliphatic carbocycles. The highest BCUT2D eigenvalue weighted by Crippen LogP contribution is 2.28. The van der Waals surface area contributed by atoms with Gasteiger partial charge in [0.15, 0.2) is 0 Å². The van der Waals surface area contributed by atoms with E-state index in [0.29, 0.717) is 33.0 Å². The molecule has 0 radical (unpaired) electrons. The quantitative estimate of drug-likeness (QED) is 0.152. The number of fused-ring (bicyclic) bond motifs is 1. The zero-order chi connectivity index (χ0) is 28.1. The number of carbonyl (C=O) groups is 4. The molecule has 5 rings (SSSR count). The van der Waals surface area contributed by atoms with Gasteiger partial charge in [0.25, 0.3) is 23.6 Å². The summed E-state index contributed by atoms with van der Waals surface area (Å²) in [6.45, 7) is 0. The first-order valence-electron chi connectivity index (χ1n) is 12.2. The maximum atomic E-state index is 13.3. The molecule has 1 heterocycles. The maximum Gasteiger partial charge on any atom is 0.272 e. The fourth-order valence-corrected chi connectivity index (χ4v) is 5.05. The third kappa shape index (κ3) is 6.14. The molecule has 1 aliphatic rings. The van der Waals surface area contributed by atoms with Gasteiger partial charge in [0.05, 0.1) is 17.0 Å². The summed E-state index contributed by atoms with van der Waals surface area (Å²) < 4.78 is 0. The standard InChI is InChI=1S/C31H22ClN3O4S/c32-22-15-13-20(14-16-22)17-27(34-28(36)21-7-2-1-3-8-21)29(37)33-23-9-6-10-24(18-23)40-19-35-30(38)25-11-4-5-12-26(25)31(35)39/h1-18H,19H2,(H,33,37)(H,34,36)/b27-17+. The average Bonchev–Trinajstić information content (AvgIpc) is 3.22. The summed E-state index contributed by atoms with van der Waals surface area (Å²) in [5.74, 6) is -1.49. The van der Waals surface area contributed by atoms with E-state index in [-0.39, 0.29) is 23.4 Å². The van der Waals surface area contributed by atoms with Crippen molar-refractivity contribution in [2.75, 3.05) is 11.2 Å². The lowest BCUT2D eigenvalue weighted by molar-refractivity contribution is -0.113. The molecular formula is C31H22ClN3O4S. The number of amides is 4. The molecule has 0 bridgehead atoms. The Morgan fingerprint density at radius 1 is 0.800 bits per heavy atom. The van der Waals surface area contributed by atoms with Gasteiger partial charge in [-0.2, -0.15) is 0 Å². The van der Waals surface area contributed by atoms with Gasteiger partial charge in [-0.25, -0.2) is 0 Å². The van der Waals surface area contributed by atoms with Crippen molar-refractivity contribution in [2.24, 2.45) is 0 Å². The van der Waals surface area contributed by atoms with Crippen LogP contribution in [-0.2, 0) is 4.79 Å². The Labute approximate surface area is 239 Å². The van der Waals surface area contributed by atoms with Gasteiger partial charge in [0, 0.05) is 21.2 Å². The lowest BCUT2D eigenvalue weighted by Gasteiger charge is -2.14. The van der Waals surface area contributed by atoms with E-state index >= 15 is 0 Å². The van der Waals surface area contributed by atoms with Crippen molar-refractivity contribution in [1.29, 1.82) is 0 Å². The summed E-state index contributed by atoms with van der Waals surface area (Å²) in [4.78, 5) is 53.4. The van der Waals surface area contributed by atoms with Crippen molar-refractivity contribution in [3.8, 4) is 0 Å². The number of nitrogens with one attached hydrogen (secondary N) is 2. The molecule has 7 nitrogen and oxygen atoms in total. The minimum absolute atomic E-state index is 0.0419. The largest absolute Gasteiger partial charge is 0.321 e. The van der Waals surface area contributed by atoms with Crippen LogP contribution in [0.4, 0.5) is 5.69 Å². The van der Waals surface area contributed by atoms with Crippen molar-refractivity contribution in [1.82, 2.24) is 10.2 Å². The number of nitrogens with zero attached hydrogens (tertiary/aromatic N) is 1. The van der Waals surface area contributed by atoms with E-state index < -0.39 is 11.8 Å². The Balaban J connectivity index is 1.30. The molecule has 0 fully saturated rings. The third-order valence-electron chi connectivity index (χ3n) is 6.04. The second kappa shape index (κ2) is 12.0. The maximum absolute atomic E-state index is 13.3. The van der Waals surface area contributed by atoms with Crippen LogP contribution in [0.1, 0.15) is 36.6 Å². The van der Waals surface area contributed by atoms with Gasteiger partial charge in [0.1, 0.15) is 5.70 Å². The smallest absolute Gasteiger partial charge is 0.272 e. The van der Waals surface area contributed by atoms with Crippen LogP contribution in [0.3, 0.4) is 0 Å². The summed E-state index contributed by atoms with van der Waals surface area (Å²) in [7, 11) is 0. The van der Waals surface area contributed by atoms with Crippen molar-refractivity contribution in [2.45, 2.75) is 4.90 Å². The molecule has 4 amide bonds. The number of rotatable bonds is 8. The van der Waals surface area contributed by atoms with E-state index in [9.17, 15) is 19.2 Å². The number of benzene rings is 4. The predicted molar refractivity (Wildman–Crippen MR) is 156 cm³/mol. The molecule has 0 spiro atoms. The number of anilines is 1. The van der Waals surface area contributed by atoms with Crippen LogP contribution >= 0.6 is 23.4 Å². The lowest BCUT2D eigenvalue weighted by atomic mass is 10.1. The normalized spacial score (nSPS) is 12.7. The second-order valence-electron chi connectivity index (χ2n) is 8.77. The molecule has 4 aromatic carbocycles. The number of hydrogen-bond acceptors (Lipinski definition) is 5. The van der Waals surface area contributed by atoms with Crippen molar-refractivity contribution >= 4 is 58.8 Å². The monoisotopic (exact) mass is 567 g/mol. The SMILES string of the molecule is O=C(Nc1cccc(SCN2C(=O)c3ccccc3C2=O)c1)/C(=C\c1ccc(Cl)cc1)NC(=O)c1ccccc1. The van der Waals surface area contributed by atoms with Gasteiger partial charge in [-0.1, -0.05) is 60.1 Å². The molecule has 1 aliphatic heterocycles. The second-order valence-corrected chi connectivity index (χ2v) is 10.2. The topological polar surface area (TPSA) is 95.6 Å². The van der Waals surface area contributed by atoms with Crippen molar-refractivity contribution in [3.63, 3.8) is 0 Å². The van der Waals surface area contributed by atoms with Crippen LogP contribution in [0.2, 0.25) is 5.02 Å². The molecule has 0 atom stereocenters. The van der Waals surface area contributed by atoms with Crippen molar-refractivity contribution in [3.05, 3.63) is 136 Å². The summed E-state index contributed by atoms with van der Waals surface area (Å²) in [5.41, 5.74) is 2.39. The molecule has 0 unspecified atom stereocenters. The highest BCUT2D eigenvalue weighted by atomic mass is 35.5. The summed E-state index contributed by atoms with van der Waals surface area (Å²) in [5, 5.41) is 6.07. The molecule has 4 aromatic rings. The van der Waals surface area contributed by atoms with Crippen LogP contribution in [0.5, 0.6) is 0 Å². The average molecular weight is 568 g/mol. The highest BCUT2D eigenvalue weighted by molar-refractivity contribution is 7.99. The van der Waals surface area contributed by atoms with Crippen molar-refractivity contribution < 1.29 is 19.2 Å². The van der Waals surface area contributed by atoms with Crippen LogP contribution in [0, 0.1) is 0 Å². The van der Waals surface area contributed by atoms with Crippen LogP contribution in [0.25, 0.3) is 6.08 Å². The van der Waals surface area contributed by atoms with Gasteiger partial charge in [0.2, 0.25) is 0 Å². The zero-order valence-corrected chi connectivity index (χ0v) is 22.5. The lowest BCUT2D eigenvalue weighted by Crippen LogP contribution is -2.30. The number of imide groups is 1. The predicted octanol–water partition coefficient (Wildman–Crippen LogP) is 6.10. The highest BCUT2D eigenvalue weighted by Gasteiger charge is 2.34. The fourth-order valence-electron chi connectivity index (χ4n) is 4.03. The number of halogens is 1.